The van der Waals surface area contributed by atoms with Crippen molar-refractivity contribution in [1.29, 1.82) is 0 Å². The highest BCUT2D eigenvalue weighted by Crippen LogP contribution is 2.22. The number of anilines is 1. The van der Waals surface area contributed by atoms with Gasteiger partial charge in [-0.05, 0) is 37.0 Å². The zero-order valence-corrected chi connectivity index (χ0v) is 14.4. The Hall–Kier alpha value is -1.03. The van der Waals surface area contributed by atoms with Crippen molar-refractivity contribution in [1.82, 2.24) is 4.90 Å². The summed E-state index contributed by atoms with van der Waals surface area (Å²) in [5.41, 5.74) is 7.13. The predicted molar refractivity (Wildman–Crippen MR) is 88.8 cm³/mol. The lowest BCUT2D eigenvalue weighted by atomic mass is 10.0. The van der Waals surface area contributed by atoms with Gasteiger partial charge in [0, 0.05) is 22.7 Å². The number of hydrogen-bond acceptors (Lipinski definition) is 2. The monoisotopic (exact) mass is 340 g/mol. The lowest BCUT2D eigenvalue weighted by Gasteiger charge is -2.32. The molecule has 3 nitrogen and oxygen atoms in total. The molecule has 0 saturated heterocycles. The third kappa shape index (κ3) is 4.23. The molecule has 0 bridgehead atoms. The van der Waals surface area contributed by atoms with Gasteiger partial charge in [-0.25, -0.2) is 0 Å². The van der Waals surface area contributed by atoms with Gasteiger partial charge in [0.05, 0.1) is 5.56 Å². The lowest BCUT2D eigenvalue weighted by Crippen LogP contribution is -2.42. The summed E-state index contributed by atoms with van der Waals surface area (Å²) in [5, 5.41) is 0. The minimum Gasteiger partial charge on any atom is -0.398 e. The van der Waals surface area contributed by atoms with E-state index in [1.165, 1.54) is 0 Å². The second kappa shape index (κ2) is 7.67. The van der Waals surface area contributed by atoms with E-state index in [9.17, 15) is 4.79 Å². The molecule has 20 heavy (non-hydrogen) atoms. The molecule has 1 amide bonds. The molecule has 0 fully saturated rings. The van der Waals surface area contributed by atoms with E-state index in [1.807, 2.05) is 11.0 Å². The summed E-state index contributed by atoms with van der Waals surface area (Å²) < 4.78 is 0.893. The normalized spacial score (nSPS) is 11.2. The topological polar surface area (TPSA) is 46.3 Å². The first-order valence-electron chi connectivity index (χ1n) is 7.26. The number of halogens is 1. The number of nitrogen functional groups attached to an aromatic ring is 1. The number of benzene rings is 1. The number of carbonyl (C=O) groups excluding carboxylic acids is 1. The van der Waals surface area contributed by atoms with Gasteiger partial charge in [0.1, 0.15) is 0 Å². The Morgan fingerprint density at radius 3 is 2.35 bits per heavy atom. The number of hydrogen-bond donors (Lipinski definition) is 1. The van der Waals surface area contributed by atoms with Gasteiger partial charge < -0.3 is 10.6 Å². The molecule has 0 heterocycles. The van der Waals surface area contributed by atoms with Crippen molar-refractivity contribution in [3.05, 3.63) is 28.2 Å². The molecule has 0 aliphatic carbocycles. The van der Waals surface area contributed by atoms with Crippen LogP contribution >= 0.6 is 15.9 Å². The Balaban J connectivity index is 3.09. The standard InChI is InChI=1S/C16H25BrN2O/c1-5-13(6-2)19(10-11(3)4)16(20)14-8-7-12(17)9-15(14)18/h7-9,11,13H,5-6,10,18H2,1-4H3. The quantitative estimate of drug-likeness (QED) is 0.784. The van der Waals surface area contributed by atoms with E-state index in [0.29, 0.717) is 17.2 Å². The molecule has 0 aliphatic heterocycles. The predicted octanol–water partition coefficient (Wildman–Crippen LogP) is 4.32. The average Bonchev–Trinajstić information content (AvgIpc) is 2.37. The highest BCUT2D eigenvalue weighted by atomic mass is 79.9. The van der Waals surface area contributed by atoms with Crippen LogP contribution < -0.4 is 5.73 Å². The van der Waals surface area contributed by atoms with Crippen molar-refractivity contribution in [2.75, 3.05) is 12.3 Å². The van der Waals surface area contributed by atoms with E-state index < -0.39 is 0 Å². The Kier molecular flexibility index (Phi) is 6.53. The third-order valence-electron chi connectivity index (χ3n) is 3.45. The van der Waals surface area contributed by atoms with Crippen LogP contribution in [0.4, 0.5) is 5.69 Å². The van der Waals surface area contributed by atoms with E-state index in [2.05, 4.69) is 43.6 Å². The Labute approximate surface area is 130 Å². The SMILES string of the molecule is CCC(CC)N(CC(C)C)C(=O)c1ccc(Br)cc1N. The number of nitrogens with two attached hydrogens (primary N) is 1. The van der Waals surface area contributed by atoms with Gasteiger partial charge in [-0.1, -0.05) is 43.6 Å². The second-order valence-corrected chi connectivity index (χ2v) is 6.47. The molecule has 112 valence electrons. The summed E-state index contributed by atoms with van der Waals surface area (Å²) in [7, 11) is 0. The lowest BCUT2D eigenvalue weighted by molar-refractivity contribution is 0.0641. The van der Waals surface area contributed by atoms with Crippen molar-refractivity contribution in [2.24, 2.45) is 5.92 Å². The minimum atomic E-state index is 0.0393. The van der Waals surface area contributed by atoms with Gasteiger partial charge >= 0.3 is 0 Å². The summed E-state index contributed by atoms with van der Waals surface area (Å²) in [5.74, 6) is 0.480. The fraction of sp³-hybridized carbons (Fsp3) is 0.562. The van der Waals surface area contributed by atoms with E-state index in [0.717, 1.165) is 23.9 Å². The summed E-state index contributed by atoms with van der Waals surface area (Å²) >= 11 is 3.37. The summed E-state index contributed by atoms with van der Waals surface area (Å²) in [4.78, 5) is 14.8. The summed E-state index contributed by atoms with van der Waals surface area (Å²) in [6.07, 6.45) is 1.93. The van der Waals surface area contributed by atoms with Crippen molar-refractivity contribution in [3.63, 3.8) is 0 Å². The second-order valence-electron chi connectivity index (χ2n) is 5.55. The fourth-order valence-electron chi connectivity index (χ4n) is 2.40. The highest BCUT2D eigenvalue weighted by Gasteiger charge is 2.24. The van der Waals surface area contributed by atoms with Crippen LogP contribution in [0, 0.1) is 5.92 Å². The molecule has 0 radical (unpaired) electrons. The van der Waals surface area contributed by atoms with Gasteiger partial charge in [-0.2, -0.15) is 0 Å². The molecule has 0 unspecified atom stereocenters. The molecule has 0 atom stereocenters. The molecule has 1 aromatic rings. The van der Waals surface area contributed by atoms with Crippen LogP contribution in [-0.2, 0) is 0 Å². The first-order chi connectivity index (χ1) is 9.40. The molecule has 1 aromatic carbocycles. The maximum atomic E-state index is 12.8. The highest BCUT2D eigenvalue weighted by molar-refractivity contribution is 9.10. The number of nitrogens with zero attached hydrogens (tertiary/aromatic N) is 1. The van der Waals surface area contributed by atoms with Crippen molar-refractivity contribution in [2.45, 2.75) is 46.6 Å². The maximum Gasteiger partial charge on any atom is 0.256 e. The average molecular weight is 341 g/mol. The Morgan fingerprint density at radius 2 is 1.90 bits per heavy atom. The molecular weight excluding hydrogens is 316 g/mol. The fourth-order valence-corrected chi connectivity index (χ4v) is 2.78. The number of rotatable bonds is 6. The van der Waals surface area contributed by atoms with Crippen molar-refractivity contribution in [3.8, 4) is 0 Å². The summed E-state index contributed by atoms with van der Waals surface area (Å²) in [6, 6.07) is 5.72. The molecule has 0 saturated carbocycles. The van der Waals surface area contributed by atoms with Crippen molar-refractivity contribution >= 4 is 27.5 Å². The molecule has 4 heteroatoms. The smallest absolute Gasteiger partial charge is 0.256 e. The number of amides is 1. The Bertz CT molecular complexity index is 456. The third-order valence-corrected chi connectivity index (χ3v) is 3.94. The largest absolute Gasteiger partial charge is 0.398 e. The minimum absolute atomic E-state index is 0.0393. The van der Waals surface area contributed by atoms with E-state index in [-0.39, 0.29) is 11.9 Å². The first-order valence-corrected chi connectivity index (χ1v) is 8.05. The van der Waals surface area contributed by atoms with E-state index >= 15 is 0 Å². The van der Waals surface area contributed by atoms with Crippen molar-refractivity contribution < 1.29 is 4.79 Å². The van der Waals surface area contributed by atoms with Gasteiger partial charge in [-0.15, -0.1) is 0 Å². The first kappa shape index (κ1) is 17.0. The van der Waals surface area contributed by atoms with Gasteiger partial charge in [0.15, 0.2) is 0 Å². The Morgan fingerprint density at radius 1 is 1.30 bits per heavy atom. The van der Waals surface area contributed by atoms with Crippen LogP contribution in [-0.4, -0.2) is 23.4 Å². The van der Waals surface area contributed by atoms with Crippen LogP contribution in [0.3, 0.4) is 0 Å². The van der Waals surface area contributed by atoms with Gasteiger partial charge in [0.2, 0.25) is 0 Å². The van der Waals surface area contributed by atoms with Crippen LogP contribution in [0.1, 0.15) is 50.9 Å². The molecule has 1 rings (SSSR count). The van der Waals surface area contributed by atoms with Gasteiger partial charge in [-0.3, -0.25) is 4.79 Å². The zero-order valence-electron chi connectivity index (χ0n) is 12.8. The van der Waals surface area contributed by atoms with Crippen LogP contribution in [0.2, 0.25) is 0 Å². The molecule has 0 aromatic heterocycles. The van der Waals surface area contributed by atoms with E-state index in [1.54, 1.807) is 12.1 Å². The molecule has 0 aliphatic rings. The van der Waals surface area contributed by atoms with Crippen LogP contribution in [0.15, 0.2) is 22.7 Å². The summed E-state index contributed by atoms with van der Waals surface area (Å²) in [6.45, 7) is 9.28. The van der Waals surface area contributed by atoms with Crippen LogP contribution in [0.5, 0.6) is 0 Å². The zero-order chi connectivity index (χ0) is 15.3. The van der Waals surface area contributed by atoms with Gasteiger partial charge in [0.25, 0.3) is 5.91 Å². The maximum absolute atomic E-state index is 12.8. The van der Waals surface area contributed by atoms with Crippen LogP contribution in [0.25, 0.3) is 0 Å². The molecule has 0 spiro atoms. The molecular formula is C16H25BrN2O. The number of carbonyl (C=O) groups is 1. The molecule has 2 N–H and O–H groups in total. The van der Waals surface area contributed by atoms with E-state index in [4.69, 9.17) is 5.73 Å².